The van der Waals surface area contributed by atoms with E-state index < -0.39 is 11.7 Å². The molecule has 5 heteroatoms. The lowest BCUT2D eigenvalue weighted by Crippen LogP contribution is -2.29. The Bertz CT molecular complexity index is 771. The maximum absolute atomic E-state index is 12.2. The molecule has 1 aromatic carbocycles. The highest BCUT2D eigenvalue weighted by atomic mass is 35.5. The predicted octanol–water partition coefficient (Wildman–Crippen LogP) is 3.08. The number of Topliss-reactive ketones (excluding diaryl/α,β-unsaturated/α-hetero) is 1. The van der Waals surface area contributed by atoms with Gasteiger partial charge < -0.3 is 0 Å². The van der Waals surface area contributed by atoms with E-state index in [4.69, 9.17) is 11.6 Å². The van der Waals surface area contributed by atoms with Crippen molar-refractivity contribution in [2.24, 2.45) is 0 Å². The molecule has 0 radical (unpaired) electrons. The molecule has 0 spiro atoms. The van der Waals surface area contributed by atoms with E-state index in [-0.39, 0.29) is 6.54 Å². The summed E-state index contributed by atoms with van der Waals surface area (Å²) in [4.78, 5) is 30.0. The third kappa shape index (κ3) is 2.32. The van der Waals surface area contributed by atoms with Crippen LogP contribution in [-0.2, 0) is 11.3 Å². The van der Waals surface area contributed by atoms with Gasteiger partial charge in [-0.25, -0.2) is 0 Å². The quantitative estimate of drug-likeness (QED) is 0.801. The van der Waals surface area contributed by atoms with Crippen molar-refractivity contribution in [1.82, 2.24) is 4.98 Å². The van der Waals surface area contributed by atoms with Crippen molar-refractivity contribution < 1.29 is 9.59 Å². The zero-order valence-electron chi connectivity index (χ0n) is 11.7. The second-order valence-corrected chi connectivity index (χ2v) is 5.60. The molecule has 21 heavy (non-hydrogen) atoms. The van der Waals surface area contributed by atoms with Crippen LogP contribution in [0.5, 0.6) is 0 Å². The lowest BCUT2D eigenvalue weighted by Gasteiger charge is -2.17. The van der Waals surface area contributed by atoms with E-state index in [1.165, 1.54) is 4.90 Å². The largest absolute Gasteiger partial charge is 0.299 e. The molecule has 1 amide bonds. The third-order valence-corrected chi connectivity index (χ3v) is 3.75. The van der Waals surface area contributed by atoms with Crippen molar-refractivity contribution in [2.75, 3.05) is 4.90 Å². The summed E-state index contributed by atoms with van der Waals surface area (Å²) in [6.07, 6.45) is 1.59. The molecule has 1 aliphatic heterocycles. The number of hydrogen-bond donors (Lipinski definition) is 0. The second kappa shape index (κ2) is 4.97. The minimum atomic E-state index is -0.513. The normalized spacial score (nSPS) is 13.8. The van der Waals surface area contributed by atoms with Gasteiger partial charge in [0.25, 0.3) is 11.7 Å². The lowest BCUT2D eigenvalue weighted by molar-refractivity contribution is -0.114. The van der Waals surface area contributed by atoms with Gasteiger partial charge in [-0.2, -0.15) is 0 Å². The molecule has 0 fully saturated rings. The Balaban J connectivity index is 2.05. The maximum Gasteiger partial charge on any atom is 0.299 e. The number of hydrogen-bond acceptors (Lipinski definition) is 3. The first-order valence-corrected chi connectivity index (χ1v) is 6.93. The van der Waals surface area contributed by atoms with Crippen molar-refractivity contribution in [3.63, 3.8) is 0 Å². The number of ketones is 1. The third-order valence-electron chi connectivity index (χ3n) is 3.52. The minimum absolute atomic E-state index is 0.237. The first kappa shape index (κ1) is 13.8. The summed E-state index contributed by atoms with van der Waals surface area (Å²) in [5.41, 5.74) is 3.63. The van der Waals surface area contributed by atoms with E-state index in [0.29, 0.717) is 22.0 Å². The molecule has 0 saturated heterocycles. The van der Waals surface area contributed by atoms with Gasteiger partial charge in [-0.15, -0.1) is 0 Å². The van der Waals surface area contributed by atoms with Crippen LogP contribution < -0.4 is 4.90 Å². The fourth-order valence-corrected chi connectivity index (χ4v) is 2.83. The van der Waals surface area contributed by atoms with Gasteiger partial charge >= 0.3 is 0 Å². The molecule has 3 rings (SSSR count). The number of carbonyl (C=O) groups excluding carboxylic acids is 2. The van der Waals surface area contributed by atoms with Crippen molar-refractivity contribution in [3.8, 4) is 0 Å². The molecular weight excluding hydrogens is 288 g/mol. The number of amides is 1. The summed E-state index contributed by atoms with van der Waals surface area (Å²) in [6, 6.07) is 7.13. The first-order valence-electron chi connectivity index (χ1n) is 6.55. The minimum Gasteiger partial charge on any atom is -0.299 e. The van der Waals surface area contributed by atoms with Crippen LogP contribution in [0, 0.1) is 13.8 Å². The van der Waals surface area contributed by atoms with Crippen LogP contribution in [0.3, 0.4) is 0 Å². The first-order chi connectivity index (χ1) is 9.97. The van der Waals surface area contributed by atoms with Gasteiger partial charge in [0, 0.05) is 11.2 Å². The van der Waals surface area contributed by atoms with Crippen molar-refractivity contribution in [1.29, 1.82) is 0 Å². The van der Waals surface area contributed by atoms with Gasteiger partial charge in [0.05, 0.1) is 23.5 Å². The van der Waals surface area contributed by atoms with E-state index in [1.807, 2.05) is 26.0 Å². The number of nitrogens with zero attached hydrogens (tertiary/aromatic N) is 2. The van der Waals surface area contributed by atoms with Gasteiger partial charge in [0.1, 0.15) is 0 Å². The molecule has 0 saturated carbocycles. The molecule has 1 aromatic heterocycles. The van der Waals surface area contributed by atoms with E-state index >= 15 is 0 Å². The van der Waals surface area contributed by atoms with Crippen LogP contribution >= 0.6 is 11.6 Å². The van der Waals surface area contributed by atoms with Crippen LogP contribution in [-0.4, -0.2) is 16.7 Å². The molecule has 0 bridgehead atoms. The van der Waals surface area contributed by atoms with Gasteiger partial charge in [-0.3, -0.25) is 19.5 Å². The fourth-order valence-electron chi connectivity index (χ4n) is 2.65. The highest BCUT2D eigenvalue weighted by Crippen LogP contribution is 2.33. The Kier molecular flexibility index (Phi) is 3.26. The van der Waals surface area contributed by atoms with E-state index in [0.717, 1.165) is 11.1 Å². The number of rotatable bonds is 2. The molecule has 0 aliphatic carbocycles. The van der Waals surface area contributed by atoms with Gasteiger partial charge in [-0.05, 0) is 43.2 Å². The van der Waals surface area contributed by atoms with Crippen LogP contribution in [0.2, 0.25) is 5.02 Å². The number of aryl methyl sites for hydroxylation is 2. The summed E-state index contributed by atoms with van der Waals surface area (Å²) in [7, 11) is 0. The molecule has 2 heterocycles. The number of benzene rings is 1. The topological polar surface area (TPSA) is 50.3 Å². The molecular formula is C16H13ClN2O2. The summed E-state index contributed by atoms with van der Waals surface area (Å²) < 4.78 is 0. The Hall–Kier alpha value is -2.20. The van der Waals surface area contributed by atoms with Gasteiger partial charge in [-0.1, -0.05) is 17.7 Å². The van der Waals surface area contributed by atoms with Crippen LogP contribution in [0.25, 0.3) is 0 Å². The average molecular weight is 301 g/mol. The Morgan fingerprint density at radius 3 is 2.67 bits per heavy atom. The van der Waals surface area contributed by atoms with Crippen molar-refractivity contribution in [3.05, 3.63) is 57.9 Å². The summed E-state index contributed by atoms with van der Waals surface area (Å²) in [5.74, 6) is -0.968. The predicted molar refractivity (Wildman–Crippen MR) is 80.7 cm³/mol. The molecule has 0 atom stereocenters. The lowest BCUT2D eigenvalue weighted by atomic mass is 10.0. The fraction of sp³-hybridized carbons (Fsp3) is 0.188. The molecule has 4 nitrogen and oxygen atoms in total. The SMILES string of the molecule is Cc1cc(C)c2c(c1)N(Cc1cc(Cl)ccn1)C(=O)C2=O. The summed E-state index contributed by atoms with van der Waals surface area (Å²) in [5, 5.41) is 0.554. The smallest absolute Gasteiger partial charge is 0.299 e. The van der Waals surface area contributed by atoms with Crippen LogP contribution in [0.4, 0.5) is 5.69 Å². The zero-order chi connectivity index (χ0) is 15.1. The number of pyridine rings is 1. The number of halogens is 1. The maximum atomic E-state index is 12.2. The van der Waals surface area contributed by atoms with E-state index in [2.05, 4.69) is 4.98 Å². The van der Waals surface area contributed by atoms with Crippen molar-refractivity contribution in [2.45, 2.75) is 20.4 Å². The van der Waals surface area contributed by atoms with Gasteiger partial charge in [0.2, 0.25) is 0 Å². The Morgan fingerprint density at radius 1 is 1.19 bits per heavy atom. The van der Waals surface area contributed by atoms with Crippen LogP contribution in [0.1, 0.15) is 27.2 Å². The monoisotopic (exact) mass is 300 g/mol. The summed E-state index contributed by atoms with van der Waals surface area (Å²) in [6.45, 7) is 4.02. The van der Waals surface area contributed by atoms with E-state index in [9.17, 15) is 9.59 Å². The van der Waals surface area contributed by atoms with E-state index in [1.54, 1.807) is 18.3 Å². The molecule has 1 aliphatic rings. The number of aromatic nitrogens is 1. The Labute approximate surface area is 127 Å². The standard InChI is InChI=1S/C16H13ClN2O2/c1-9-5-10(2)14-13(6-9)19(16(21)15(14)20)8-12-7-11(17)3-4-18-12/h3-7H,8H2,1-2H3. The van der Waals surface area contributed by atoms with Crippen LogP contribution in [0.15, 0.2) is 30.5 Å². The average Bonchev–Trinajstić information content (AvgIpc) is 2.64. The highest BCUT2D eigenvalue weighted by molar-refractivity contribution is 6.52. The zero-order valence-corrected chi connectivity index (χ0v) is 12.4. The number of fused-ring (bicyclic) bond motifs is 1. The number of carbonyl (C=O) groups is 2. The highest BCUT2D eigenvalue weighted by Gasteiger charge is 2.37. The number of anilines is 1. The molecule has 106 valence electrons. The Morgan fingerprint density at radius 2 is 1.95 bits per heavy atom. The van der Waals surface area contributed by atoms with Gasteiger partial charge in [0.15, 0.2) is 0 Å². The summed E-state index contributed by atoms with van der Waals surface area (Å²) >= 11 is 5.94. The molecule has 0 N–H and O–H groups in total. The molecule has 0 unspecified atom stereocenters. The molecule has 2 aromatic rings. The van der Waals surface area contributed by atoms with Crippen molar-refractivity contribution >= 4 is 29.0 Å². The second-order valence-electron chi connectivity index (χ2n) is 5.16.